The molecule has 20 heteroatoms. The zero-order chi connectivity index (χ0) is 44.8. The molecule has 0 spiro atoms. The number of alkyl halides is 7. The number of ether oxygens (including phenoxy) is 2. The zero-order valence-corrected chi connectivity index (χ0v) is 44.0. The average molecular weight is 1080 g/mol. The van der Waals surface area contributed by atoms with E-state index in [-0.39, 0.29) is 143 Å². The second-order valence-electron chi connectivity index (χ2n) is 13.8. The van der Waals surface area contributed by atoms with Crippen molar-refractivity contribution >= 4 is 57.2 Å². The molecule has 2 fully saturated rings. The normalized spacial score (nSPS) is 15.5. The maximum absolute atomic E-state index is 12.6. The number of hydrogen-bond acceptors (Lipinski definition) is 9. The van der Waals surface area contributed by atoms with Crippen molar-refractivity contribution in [3.05, 3.63) is 129 Å². The first-order valence-electron chi connectivity index (χ1n) is 18.9. The smallest absolute Gasteiger partial charge is 1.00 e. The van der Waals surface area contributed by atoms with Crippen molar-refractivity contribution in [1.29, 1.82) is 0 Å². The molecule has 4 aromatic rings. The first-order chi connectivity index (χ1) is 29.0. The number of ketones is 2. The fourth-order valence-electron chi connectivity index (χ4n) is 6.05. The van der Waals surface area contributed by atoms with E-state index in [0.717, 1.165) is 76.1 Å². The van der Waals surface area contributed by atoms with Gasteiger partial charge in [0, 0.05) is 46.1 Å². The molecule has 0 saturated carbocycles. The van der Waals surface area contributed by atoms with Crippen molar-refractivity contribution in [1.82, 2.24) is 10.2 Å². The maximum Gasteiger partial charge on any atom is 1.00 e. The minimum absolute atomic E-state index is 0. The topological polar surface area (TPSA) is 117 Å². The largest absolute Gasteiger partial charge is 1.00 e. The molecule has 0 radical (unpaired) electrons. The van der Waals surface area contributed by atoms with Gasteiger partial charge in [0.1, 0.15) is 11.5 Å². The fraction of sp³-hybridized carbons (Fsp3) is 0.400. The Balaban J connectivity index is -0.000000903. The van der Waals surface area contributed by atoms with Crippen LogP contribution in [0.5, 0.6) is 11.5 Å². The van der Waals surface area contributed by atoms with Crippen LogP contribution in [0.25, 0.3) is 0 Å². The number of hydrogen-bond donors (Lipinski definition) is 1. The Bertz CT molecular complexity index is 1920. The number of likely N-dealkylation sites (tertiary alicyclic amines) is 1. The molecule has 1 N–H and O–H groups in total. The Morgan fingerprint density at radius 2 is 1.14 bits per heavy atom. The summed E-state index contributed by atoms with van der Waals surface area (Å²) >= 11 is 14.6. The van der Waals surface area contributed by atoms with Crippen LogP contribution in [0.1, 0.15) is 73.8 Å². The molecule has 2 aliphatic rings. The van der Waals surface area contributed by atoms with Gasteiger partial charge in [-0.3, -0.25) is 19.3 Å². The Morgan fingerprint density at radius 3 is 1.52 bits per heavy atom. The van der Waals surface area contributed by atoms with Gasteiger partial charge in [-0.25, -0.2) is 0 Å². The molecular formula is C45H53BrCl2F6K2N2O7. The second kappa shape index (κ2) is 35.2. The Kier molecular flexibility index (Phi) is 35.9. The van der Waals surface area contributed by atoms with E-state index < -0.39 is 23.5 Å². The van der Waals surface area contributed by atoms with Crippen LogP contribution < -0.4 is 123 Å². The molecule has 350 valence electrons. The summed E-state index contributed by atoms with van der Waals surface area (Å²) in [5, 5.41) is 13.3. The van der Waals surface area contributed by atoms with Crippen molar-refractivity contribution in [2.75, 3.05) is 51.3 Å². The summed E-state index contributed by atoms with van der Waals surface area (Å²) in [7, 11) is 0. The number of nitrogens with one attached hydrogen (secondary N) is 1. The first kappa shape index (κ1) is 66.2. The SMILES string of the molecule is C.C.FC(F)(F)c1ccc(OCC2CCCNC2)cc1.O=C(CBr)c1ccc(Cl)cc1.O=C(CN1CCCC(COc2ccc(C(F)(F)F)cc2)C1)c1ccc(Cl)cc1.O=CO[O-].[H-].[K+].[K+]. The van der Waals surface area contributed by atoms with Crippen molar-refractivity contribution in [3.8, 4) is 11.5 Å². The van der Waals surface area contributed by atoms with Gasteiger partial charge in [0.25, 0.3) is 6.47 Å². The van der Waals surface area contributed by atoms with Crippen LogP contribution in [0, 0.1) is 11.8 Å². The van der Waals surface area contributed by atoms with E-state index in [9.17, 15) is 35.9 Å². The van der Waals surface area contributed by atoms with Crippen LogP contribution in [0.15, 0.2) is 97.1 Å². The summed E-state index contributed by atoms with van der Waals surface area (Å²) in [5.74, 6) is 1.70. The van der Waals surface area contributed by atoms with Crippen LogP contribution >= 0.6 is 39.1 Å². The molecule has 2 saturated heterocycles. The molecule has 65 heavy (non-hydrogen) atoms. The van der Waals surface area contributed by atoms with Crippen LogP contribution in [0.2, 0.25) is 10.0 Å². The summed E-state index contributed by atoms with van der Waals surface area (Å²) in [6.07, 6.45) is -4.49. The third-order valence-electron chi connectivity index (χ3n) is 9.20. The van der Waals surface area contributed by atoms with Gasteiger partial charge in [-0.2, -0.15) is 26.3 Å². The number of rotatable bonds is 12. The van der Waals surface area contributed by atoms with Crippen molar-refractivity contribution in [2.24, 2.45) is 11.8 Å². The van der Waals surface area contributed by atoms with E-state index in [1.54, 1.807) is 48.5 Å². The predicted molar refractivity (Wildman–Crippen MR) is 236 cm³/mol. The van der Waals surface area contributed by atoms with Gasteiger partial charge in [-0.1, -0.05) is 54.0 Å². The van der Waals surface area contributed by atoms with Crippen LogP contribution in [0.4, 0.5) is 26.3 Å². The van der Waals surface area contributed by atoms with Gasteiger partial charge in [0.05, 0.1) is 36.2 Å². The van der Waals surface area contributed by atoms with Crippen LogP contribution in [0.3, 0.4) is 0 Å². The maximum atomic E-state index is 12.6. The zero-order valence-electron chi connectivity index (χ0n) is 35.7. The summed E-state index contributed by atoms with van der Waals surface area (Å²) in [6.45, 7) is 4.64. The third-order valence-corrected chi connectivity index (χ3v) is 10.2. The van der Waals surface area contributed by atoms with Gasteiger partial charge in [0.15, 0.2) is 11.6 Å². The van der Waals surface area contributed by atoms with Crippen molar-refractivity contribution in [3.63, 3.8) is 0 Å². The number of benzene rings is 4. The van der Waals surface area contributed by atoms with Crippen molar-refractivity contribution < 1.29 is 165 Å². The minimum Gasteiger partial charge on any atom is -1.00 e. The molecule has 0 aromatic heterocycles. The molecule has 4 aromatic carbocycles. The average Bonchev–Trinajstić information content (AvgIpc) is 3.26. The monoisotopic (exact) mass is 1070 g/mol. The standard InChI is InChI=1S/C21H21ClF3NO2.C13H16F3NO.C8H6BrClO.CH2O3.2CH4.2K.H/c22-18-7-3-16(4-8-18)20(27)13-26-11-1-2-15(12-26)14-28-19-9-5-17(6-10-19)21(23,24)25;14-13(15,16)11-3-5-12(6-4-11)18-9-10-2-1-7-17-8-10;9-5-8(11)6-1-3-7(10)4-2-6;2-1-4-3;;;;;/h3-10,15H,1-2,11-14H2;3-6,10,17H,1-2,7-9H2;1-4H,5H2;1,3H;2*1H4;;;/q;;;;;;2*+1;-1/p-1. The molecular weight excluding hydrogens is 1020 g/mol. The van der Waals surface area contributed by atoms with Crippen LogP contribution in [-0.4, -0.2) is 74.2 Å². The molecule has 2 heterocycles. The van der Waals surface area contributed by atoms with E-state index in [4.69, 9.17) is 42.7 Å². The summed E-state index contributed by atoms with van der Waals surface area (Å²) in [4.78, 5) is 36.8. The molecule has 2 unspecified atom stereocenters. The minimum atomic E-state index is -4.35. The van der Waals surface area contributed by atoms with E-state index >= 15 is 0 Å². The summed E-state index contributed by atoms with van der Waals surface area (Å²) in [6, 6.07) is 23.3. The Labute approximate surface area is 482 Å². The number of halogens is 9. The number of carbonyl (C=O) groups excluding carboxylic acids is 3. The number of piperidine rings is 2. The molecule has 9 nitrogen and oxygen atoms in total. The van der Waals surface area contributed by atoms with E-state index in [2.05, 4.69) is 31.0 Å². The van der Waals surface area contributed by atoms with Crippen LogP contribution in [-0.2, 0) is 22.0 Å². The number of Topliss-reactive ketones (excluding diaryl/α,β-unsaturated/α-hetero) is 2. The molecule has 6 rings (SSSR count). The van der Waals surface area contributed by atoms with Gasteiger partial charge in [-0.15, -0.1) is 0 Å². The quantitative estimate of drug-likeness (QED) is 0.0391. The van der Waals surface area contributed by atoms with Gasteiger partial charge < -0.3 is 26.4 Å². The Hall–Kier alpha value is -0.917. The summed E-state index contributed by atoms with van der Waals surface area (Å²) < 4.78 is 86.0. The van der Waals surface area contributed by atoms with Gasteiger partial charge in [-0.05, 0) is 136 Å². The number of nitrogens with zero attached hydrogens (tertiary/aromatic N) is 1. The molecule has 0 aliphatic carbocycles. The predicted octanol–water partition coefficient (Wildman–Crippen LogP) is 5.16. The van der Waals surface area contributed by atoms with E-state index in [0.29, 0.717) is 63.7 Å². The van der Waals surface area contributed by atoms with Gasteiger partial charge in [0.2, 0.25) is 0 Å². The van der Waals surface area contributed by atoms with Gasteiger partial charge >= 0.3 is 115 Å². The molecule has 2 aliphatic heterocycles. The number of carbonyl (C=O) groups is 3. The van der Waals surface area contributed by atoms with E-state index in [1.165, 1.54) is 24.3 Å². The molecule has 2 atom stereocenters. The first-order valence-corrected chi connectivity index (χ1v) is 20.8. The molecule has 0 bridgehead atoms. The summed E-state index contributed by atoms with van der Waals surface area (Å²) in [5.41, 5.74) is -0.0163. The Morgan fingerprint density at radius 1 is 0.723 bits per heavy atom. The van der Waals surface area contributed by atoms with Crippen molar-refractivity contribution in [2.45, 2.75) is 52.9 Å². The molecule has 0 amide bonds. The van der Waals surface area contributed by atoms with E-state index in [1.807, 2.05) is 0 Å². The second-order valence-corrected chi connectivity index (χ2v) is 15.2. The third kappa shape index (κ3) is 26.6. The fourth-order valence-corrected chi connectivity index (χ4v) is 6.62.